The van der Waals surface area contributed by atoms with Gasteiger partial charge in [-0.3, -0.25) is 0 Å². The van der Waals surface area contributed by atoms with Gasteiger partial charge >= 0.3 is 0 Å². The van der Waals surface area contributed by atoms with Crippen LogP contribution in [0.2, 0.25) is 0 Å². The molecule has 1 aromatic rings. The second-order valence-corrected chi connectivity index (χ2v) is 3.88. The largest absolute Gasteiger partial charge is 0.207 e. The smallest absolute Gasteiger partial charge is 0.146 e. The van der Waals surface area contributed by atoms with E-state index in [2.05, 4.69) is 5.73 Å². The molecule has 0 aromatic heterocycles. The minimum atomic E-state index is -0.241. The fourth-order valence-corrected chi connectivity index (χ4v) is 1.73. The first-order valence-electron chi connectivity index (χ1n) is 5.23. The molecule has 1 aliphatic rings. The predicted molar refractivity (Wildman–Crippen MR) is 60.2 cm³/mol. The Kier molecular flexibility index (Phi) is 3.02. The van der Waals surface area contributed by atoms with E-state index in [1.165, 1.54) is 12.1 Å². The molecule has 0 heterocycles. The zero-order valence-corrected chi connectivity index (χ0v) is 9.00. The van der Waals surface area contributed by atoms with Crippen LogP contribution in [-0.4, -0.2) is 0 Å². The van der Waals surface area contributed by atoms with Crippen molar-refractivity contribution in [1.82, 2.24) is 0 Å². The molecule has 1 aliphatic carbocycles. The van der Waals surface area contributed by atoms with Crippen LogP contribution in [0.15, 0.2) is 53.5 Å². The predicted octanol–water partition coefficient (Wildman–Crippen LogP) is 4.27. The van der Waals surface area contributed by atoms with Crippen LogP contribution in [0, 0.1) is 5.82 Å². The van der Waals surface area contributed by atoms with Crippen molar-refractivity contribution in [3.05, 3.63) is 64.9 Å². The first kappa shape index (κ1) is 10.8. The third kappa shape index (κ3) is 2.29. The summed E-state index contributed by atoms with van der Waals surface area (Å²) in [5.74, 6) is -0.341. The third-order valence-corrected chi connectivity index (χ3v) is 2.78. The van der Waals surface area contributed by atoms with Crippen LogP contribution in [0.25, 0.3) is 0 Å². The van der Waals surface area contributed by atoms with Gasteiger partial charge in [-0.05, 0) is 29.3 Å². The van der Waals surface area contributed by atoms with E-state index in [9.17, 15) is 8.78 Å². The summed E-state index contributed by atoms with van der Waals surface area (Å²) in [6.45, 7) is 2.01. The molecule has 2 rings (SSSR count). The molecule has 0 nitrogen and oxygen atoms in total. The van der Waals surface area contributed by atoms with E-state index in [1.54, 1.807) is 18.2 Å². The number of hydrogen-bond donors (Lipinski definition) is 0. The molecular formula is C14H12F2. The minimum Gasteiger partial charge on any atom is -0.207 e. The molecule has 0 fully saturated rings. The highest BCUT2D eigenvalue weighted by molar-refractivity contribution is 5.36. The summed E-state index contributed by atoms with van der Waals surface area (Å²) >= 11 is 0. The second kappa shape index (κ2) is 4.46. The fourth-order valence-electron chi connectivity index (χ4n) is 1.73. The van der Waals surface area contributed by atoms with Gasteiger partial charge in [0.15, 0.2) is 0 Å². The Morgan fingerprint density at radius 2 is 1.88 bits per heavy atom. The fraction of sp³-hybridized carbons (Fsp3) is 0.214. The van der Waals surface area contributed by atoms with Gasteiger partial charge in [0.2, 0.25) is 0 Å². The molecular weight excluding hydrogens is 206 g/mol. The summed E-state index contributed by atoms with van der Waals surface area (Å²) < 4.78 is 25.5. The molecule has 2 heteroatoms. The number of benzene rings is 1. The van der Waals surface area contributed by atoms with Gasteiger partial charge in [-0.25, -0.2) is 8.78 Å². The maximum atomic E-state index is 12.8. The molecule has 0 spiro atoms. The maximum Gasteiger partial charge on any atom is 0.146 e. The van der Waals surface area contributed by atoms with Crippen LogP contribution in [0.4, 0.5) is 8.78 Å². The Bertz CT molecular complexity index is 474. The molecule has 1 atom stereocenters. The van der Waals surface area contributed by atoms with Crippen LogP contribution >= 0.6 is 0 Å². The van der Waals surface area contributed by atoms with Crippen LogP contribution in [0.5, 0.6) is 0 Å². The third-order valence-electron chi connectivity index (χ3n) is 2.78. The van der Waals surface area contributed by atoms with Crippen LogP contribution < -0.4 is 0 Å². The Morgan fingerprint density at radius 1 is 1.19 bits per heavy atom. The highest BCUT2D eigenvalue weighted by Crippen LogP contribution is 2.27. The van der Waals surface area contributed by atoms with E-state index < -0.39 is 0 Å². The number of rotatable bonds is 2. The average molecular weight is 218 g/mol. The quantitative estimate of drug-likeness (QED) is 0.650. The zero-order valence-electron chi connectivity index (χ0n) is 9.00. The summed E-state index contributed by atoms with van der Waals surface area (Å²) in [5.41, 5.74) is 4.62. The molecule has 16 heavy (non-hydrogen) atoms. The average Bonchev–Trinajstić information content (AvgIpc) is 2.30. The molecule has 0 radical (unpaired) electrons. The van der Waals surface area contributed by atoms with Gasteiger partial charge in [0, 0.05) is 12.3 Å². The summed E-state index contributed by atoms with van der Waals surface area (Å²) in [6, 6.07) is 6.39. The Hall–Kier alpha value is -1.66. The van der Waals surface area contributed by atoms with Gasteiger partial charge in [-0.15, -0.1) is 0 Å². The lowest BCUT2D eigenvalue weighted by atomic mass is 9.91. The Balaban J connectivity index is 2.23. The highest BCUT2D eigenvalue weighted by Gasteiger charge is 2.11. The summed E-state index contributed by atoms with van der Waals surface area (Å²) in [6.07, 6.45) is 3.81. The number of halogens is 2. The second-order valence-electron chi connectivity index (χ2n) is 3.88. The molecule has 0 saturated heterocycles. The molecule has 0 amide bonds. The number of hydrogen-bond acceptors (Lipinski definition) is 0. The molecule has 82 valence electrons. The van der Waals surface area contributed by atoms with Crippen molar-refractivity contribution in [2.45, 2.75) is 19.3 Å². The molecule has 1 unspecified atom stereocenters. The van der Waals surface area contributed by atoms with Crippen molar-refractivity contribution < 1.29 is 8.78 Å². The zero-order chi connectivity index (χ0) is 11.5. The van der Waals surface area contributed by atoms with E-state index in [-0.39, 0.29) is 17.6 Å². The summed E-state index contributed by atoms with van der Waals surface area (Å²) in [5, 5.41) is 0. The monoisotopic (exact) mass is 218 g/mol. The molecule has 0 N–H and O–H groups in total. The van der Waals surface area contributed by atoms with E-state index in [0.29, 0.717) is 6.42 Å². The van der Waals surface area contributed by atoms with Gasteiger partial charge in [0.1, 0.15) is 11.6 Å². The highest BCUT2D eigenvalue weighted by atomic mass is 19.1. The number of allylic oxidation sites excluding steroid dienone is 3. The van der Waals surface area contributed by atoms with E-state index in [1.807, 2.05) is 13.0 Å². The maximum absolute atomic E-state index is 12.8. The van der Waals surface area contributed by atoms with Crippen molar-refractivity contribution in [1.29, 1.82) is 0 Å². The minimum absolute atomic E-state index is 0.140. The Labute approximate surface area is 93.6 Å². The van der Waals surface area contributed by atoms with Gasteiger partial charge in [0.05, 0.1) is 0 Å². The molecule has 0 saturated carbocycles. The van der Waals surface area contributed by atoms with E-state index in [4.69, 9.17) is 0 Å². The van der Waals surface area contributed by atoms with Crippen molar-refractivity contribution in [3.8, 4) is 0 Å². The van der Waals surface area contributed by atoms with Crippen molar-refractivity contribution in [2.24, 2.45) is 0 Å². The lowest BCUT2D eigenvalue weighted by molar-refractivity contribution is 0.616. The molecule has 1 aromatic carbocycles. The van der Waals surface area contributed by atoms with Crippen LogP contribution in [0.1, 0.15) is 24.8 Å². The van der Waals surface area contributed by atoms with Crippen molar-refractivity contribution in [2.75, 3.05) is 0 Å². The Morgan fingerprint density at radius 3 is 2.44 bits per heavy atom. The first-order chi connectivity index (χ1) is 7.66. The van der Waals surface area contributed by atoms with Crippen LogP contribution in [-0.2, 0) is 0 Å². The van der Waals surface area contributed by atoms with Gasteiger partial charge in [0.25, 0.3) is 0 Å². The summed E-state index contributed by atoms with van der Waals surface area (Å²) in [4.78, 5) is 0. The van der Waals surface area contributed by atoms with Gasteiger partial charge in [-0.2, -0.15) is 0 Å². The van der Waals surface area contributed by atoms with Crippen molar-refractivity contribution >= 4 is 0 Å². The van der Waals surface area contributed by atoms with E-state index >= 15 is 0 Å². The van der Waals surface area contributed by atoms with Crippen LogP contribution in [0.3, 0.4) is 0 Å². The SMILES string of the molecule is CC(C1=CCC(F)=C=C1)c1ccc(F)cc1. The van der Waals surface area contributed by atoms with Gasteiger partial charge in [-0.1, -0.05) is 30.9 Å². The molecule has 0 bridgehead atoms. The normalized spacial score (nSPS) is 16.7. The van der Waals surface area contributed by atoms with Gasteiger partial charge < -0.3 is 0 Å². The van der Waals surface area contributed by atoms with Crippen molar-refractivity contribution in [3.63, 3.8) is 0 Å². The standard InChI is InChI=1S/C14H12F2/c1-10(11-2-6-13(15)7-3-11)12-4-8-14(16)9-5-12/h2-7,10H,8H2,1H3. The van der Waals surface area contributed by atoms with E-state index in [0.717, 1.165) is 11.1 Å². The molecule has 0 aliphatic heterocycles. The first-order valence-corrected chi connectivity index (χ1v) is 5.23. The lowest BCUT2D eigenvalue weighted by Gasteiger charge is -2.14. The topological polar surface area (TPSA) is 0 Å². The summed E-state index contributed by atoms with van der Waals surface area (Å²) in [7, 11) is 0. The lowest BCUT2D eigenvalue weighted by Crippen LogP contribution is -1.98.